The van der Waals surface area contributed by atoms with Crippen LogP contribution in [0, 0.1) is 0 Å². The van der Waals surface area contributed by atoms with Crippen LogP contribution in [-0.2, 0) is 4.43 Å². The average molecular weight is 560 g/mol. The lowest BCUT2D eigenvalue weighted by Crippen LogP contribution is -2.41. The van der Waals surface area contributed by atoms with E-state index in [9.17, 15) is 0 Å². The van der Waals surface area contributed by atoms with Gasteiger partial charge in [-0.1, -0.05) is 20.8 Å². The van der Waals surface area contributed by atoms with Crippen LogP contribution in [0.2, 0.25) is 18.1 Å². The molecule has 212 valence electrons. The minimum Gasteiger partial charge on any atom is -0.497 e. The normalized spacial score (nSPS) is 11.9. The highest BCUT2D eigenvalue weighted by molar-refractivity contribution is 6.74. The maximum atomic E-state index is 6.49. The highest BCUT2D eigenvalue weighted by Gasteiger charge is 2.36. The van der Waals surface area contributed by atoms with Crippen molar-refractivity contribution in [2.75, 3.05) is 44.6 Å². The maximum Gasteiger partial charge on any atom is 0.191 e. The lowest BCUT2D eigenvalue weighted by molar-refractivity contribution is 0.284. The van der Waals surface area contributed by atoms with Crippen LogP contribution >= 0.6 is 0 Å². The zero-order chi connectivity index (χ0) is 28.9. The molecule has 4 aromatic rings. The van der Waals surface area contributed by atoms with Gasteiger partial charge in [-0.3, -0.25) is 4.98 Å². The van der Waals surface area contributed by atoms with E-state index in [0.29, 0.717) is 6.61 Å². The van der Waals surface area contributed by atoms with Crippen molar-refractivity contribution in [1.29, 1.82) is 0 Å². The van der Waals surface area contributed by atoms with Crippen LogP contribution in [-0.4, -0.2) is 57.7 Å². The van der Waals surface area contributed by atoms with Gasteiger partial charge in [0.05, 0.1) is 37.1 Å². The van der Waals surface area contributed by atoms with Gasteiger partial charge in [0.2, 0.25) is 0 Å². The molecule has 2 aromatic heterocycles. The van der Waals surface area contributed by atoms with Gasteiger partial charge in [0.25, 0.3) is 0 Å². The summed E-state index contributed by atoms with van der Waals surface area (Å²) in [6, 6.07) is 16.0. The maximum absolute atomic E-state index is 6.49. The van der Waals surface area contributed by atoms with Crippen LogP contribution in [0.3, 0.4) is 0 Å². The molecule has 0 unspecified atom stereocenters. The van der Waals surface area contributed by atoms with Crippen LogP contribution in [0.25, 0.3) is 22.3 Å². The first kappa shape index (κ1) is 29.3. The van der Waals surface area contributed by atoms with Crippen molar-refractivity contribution in [3.8, 4) is 22.8 Å². The van der Waals surface area contributed by atoms with E-state index in [1.54, 1.807) is 20.4 Å². The Morgan fingerprint density at radius 2 is 1.57 bits per heavy atom. The van der Waals surface area contributed by atoms with Gasteiger partial charge in [0.15, 0.2) is 8.32 Å². The van der Waals surface area contributed by atoms with Gasteiger partial charge in [0.1, 0.15) is 17.3 Å². The Balaban J connectivity index is 1.68. The fourth-order valence-electron chi connectivity index (χ4n) is 4.12. The minimum atomic E-state index is -1.83. The Morgan fingerprint density at radius 1 is 0.850 bits per heavy atom. The predicted octanol–water partition coefficient (Wildman–Crippen LogP) is 7.30. The summed E-state index contributed by atoms with van der Waals surface area (Å²) in [6.45, 7) is 12.8. The molecule has 4 rings (SSSR count). The average Bonchev–Trinajstić information content (AvgIpc) is 2.95. The van der Waals surface area contributed by atoms with E-state index in [0.717, 1.165) is 63.9 Å². The number of hydrogen-bond donors (Lipinski definition) is 1. The smallest absolute Gasteiger partial charge is 0.191 e. The summed E-state index contributed by atoms with van der Waals surface area (Å²) in [4.78, 5) is 16.3. The van der Waals surface area contributed by atoms with Crippen molar-refractivity contribution < 1.29 is 13.9 Å². The first-order valence-corrected chi connectivity index (χ1v) is 16.5. The third-order valence-corrected chi connectivity index (χ3v) is 12.1. The summed E-state index contributed by atoms with van der Waals surface area (Å²) >= 11 is 0. The van der Waals surface area contributed by atoms with E-state index in [4.69, 9.17) is 18.9 Å². The highest BCUT2D eigenvalue weighted by atomic mass is 28.4. The SMILES string of the molecule is CNc1ccc(-c2cnc3ccc(N(CCCO[Si](C)(C)C(C)(C)C)c4cc(OC)cc(OC)c4)cc3n2)cn1. The molecule has 0 aliphatic heterocycles. The molecule has 0 amide bonds. The van der Waals surface area contributed by atoms with E-state index in [-0.39, 0.29) is 5.04 Å². The summed E-state index contributed by atoms with van der Waals surface area (Å²) in [5.41, 5.74) is 5.30. The van der Waals surface area contributed by atoms with Crippen LogP contribution in [0.1, 0.15) is 27.2 Å². The topological polar surface area (TPSA) is 81.6 Å². The monoisotopic (exact) mass is 559 g/mol. The van der Waals surface area contributed by atoms with Crippen molar-refractivity contribution >= 4 is 36.5 Å². The molecule has 2 heterocycles. The second-order valence-corrected chi connectivity index (χ2v) is 16.1. The Morgan fingerprint density at radius 3 is 2.17 bits per heavy atom. The first-order valence-electron chi connectivity index (χ1n) is 13.6. The third-order valence-electron chi connectivity index (χ3n) is 7.60. The van der Waals surface area contributed by atoms with Gasteiger partial charge in [-0.05, 0) is 54.9 Å². The molecule has 0 fully saturated rings. The van der Waals surface area contributed by atoms with Gasteiger partial charge in [-0.2, -0.15) is 0 Å². The molecule has 0 saturated heterocycles. The Bertz CT molecular complexity index is 1420. The molecule has 8 nitrogen and oxygen atoms in total. The van der Waals surface area contributed by atoms with Crippen LogP contribution in [0.4, 0.5) is 17.2 Å². The number of fused-ring (bicyclic) bond motifs is 1. The van der Waals surface area contributed by atoms with E-state index >= 15 is 0 Å². The molecule has 0 aliphatic rings. The summed E-state index contributed by atoms with van der Waals surface area (Å²) in [7, 11) is 3.35. The van der Waals surface area contributed by atoms with Crippen molar-refractivity contribution in [2.24, 2.45) is 0 Å². The molecule has 0 bridgehead atoms. The van der Waals surface area contributed by atoms with Crippen LogP contribution in [0.15, 0.2) is 60.9 Å². The zero-order valence-electron chi connectivity index (χ0n) is 24.9. The lowest BCUT2D eigenvalue weighted by Gasteiger charge is -2.36. The summed E-state index contributed by atoms with van der Waals surface area (Å²) < 4.78 is 17.7. The van der Waals surface area contributed by atoms with Gasteiger partial charge in [-0.15, -0.1) is 0 Å². The number of rotatable bonds is 11. The lowest BCUT2D eigenvalue weighted by atomic mass is 10.1. The van der Waals surface area contributed by atoms with E-state index in [2.05, 4.69) is 66.2 Å². The van der Waals surface area contributed by atoms with Crippen molar-refractivity contribution in [3.63, 3.8) is 0 Å². The van der Waals surface area contributed by atoms with Gasteiger partial charge in [-0.25, -0.2) is 9.97 Å². The first-order chi connectivity index (χ1) is 19.0. The molecule has 2 aromatic carbocycles. The quantitative estimate of drug-likeness (QED) is 0.151. The van der Waals surface area contributed by atoms with Crippen molar-refractivity contribution in [3.05, 3.63) is 60.9 Å². The number of anilines is 3. The van der Waals surface area contributed by atoms with E-state index < -0.39 is 8.32 Å². The molecule has 1 N–H and O–H groups in total. The van der Waals surface area contributed by atoms with Gasteiger partial charge < -0.3 is 24.1 Å². The molecule has 0 saturated carbocycles. The fourth-order valence-corrected chi connectivity index (χ4v) is 5.21. The number of aromatic nitrogens is 3. The van der Waals surface area contributed by atoms with Crippen LogP contribution in [0.5, 0.6) is 11.5 Å². The number of benzene rings is 2. The number of nitrogens with zero attached hydrogens (tertiary/aromatic N) is 4. The molecule has 40 heavy (non-hydrogen) atoms. The number of hydrogen-bond acceptors (Lipinski definition) is 8. The van der Waals surface area contributed by atoms with Gasteiger partial charge >= 0.3 is 0 Å². The van der Waals surface area contributed by atoms with E-state index in [1.165, 1.54) is 0 Å². The fraction of sp³-hybridized carbons (Fsp3) is 0.387. The van der Waals surface area contributed by atoms with Crippen molar-refractivity contribution in [1.82, 2.24) is 15.0 Å². The molecule has 0 aliphatic carbocycles. The summed E-state index contributed by atoms with van der Waals surface area (Å²) in [6.07, 6.45) is 4.46. The molecule has 9 heteroatoms. The standard InChI is InChI=1S/C31H41N5O3Si/c1-31(2,3)40(7,8)39-15-9-14-36(24-16-25(37-5)19-26(17-24)38-6)23-11-12-27-28(18-23)35-29(21-33-27)22-10-13-30(32-4)34-20-22/h10-13,16-21H,9,14-15H2,1-8H3,(H,32,34). The molecule has 0 spiro atoms. The third kappa shape index (κ3) is 6.71. The second-order valence-electron chi connectivity index (χ2n) is 11.3. The predicted molar refractivity (Wildman–Crippen MR) is 167 cm³/mol. The number of pyridine rings is 1. The van der Waals surface area contributed by atoms with Crippen molar-refractivity contribution in [2.45, 2.75) is 45.3 Å². The number of nitrogens with one attached hydrogen (secondary N) is 1. The zero-order valence-corrected chi connectivity index (χ0v) is 25.9. The molecular weight excluding hydrogens is 518 g/mol. The molecular formula is C31H41N5O3Si. The highest BCUT2D eigenvalue weighted by Crippen LogP contribution is 2.37. The number of methoxy groups -OCH3 is 2. The summed E-state index contributed by atoms with van der Waals surface area (Å²) in [5.74, 6) is 2.27. The Hall–Kier alpha value is -3.69. The minimum absolute atomic E-state index is 0.171. The molecule has 0 radical (unpaired) electrons. The second kappa shape index (κ2) is 12.2. The van der Waals surface area contributed by atoms with E-state index in [1.807, 2.05) is 49.6 Å². The summed E-state index contributed by atoms with van der Waals surface area (Å²) in [5, 5.41) is 3.22. The Kier molecular flexibility index (Phi) is 8.95. The largest absolute Gasteiger partial charge is 0.497 e. The van der Waals surface area contributed by atoms with Crippen LogP contribution < -0.4 is 19.7 Å². The number of ether oxygens (including phenoxy) is 2. The molecule has 0 atom stereocenters. The van der Waals surface area contributed by atoms with Gasteiger partial charge in [0, 0.05) is 61.5 Å². The Labute approximate surface area is 238 Å².